The Morgan fingerprint density at radius 3 is 1.74 bits per heavy atom. The Kier molecular flexibility index (Phi) is 13.7. The Morgan fingerprint density at radius 2 is 1.26 bits per heavy atom. The molecule has 0 aliphatic heterocycles. The highest BCUT2D eigenvalue weighted by Crippen LogP contribution is 2.04. The topological polar surface area (TPSA) is 290 Å². The molecule has 0 saturated carbocycles. The first-order valence-electron chi connectivity index (χ1n) is 9.77. The molecule has 4 atom stereocenters. The zero-order chi connectivity index (χ0) is 26.4. The largest absolute Gasteiger partial charge is 0.481 e. The van der Waals surface area contributed by atoms with Crippen molar-refractivity contribution in [3.05, 3.63) is 0 Å². The molecular weight excluding hydrogens is 478 g/mol. The molecule has 0 aromatic heterocycles. The maximum Gasteiger partial charge on any atom is 0.326 e. The minimum Gasteiger partial charge on any atom is -0.481 e. The molecule has 0 aliphatic carbocycles. The molecule has 0 aromatic carbocycles. The van der Waals surface area contributed by atoms with E-state index in [-0.39, 0.29) is 31.1 Å². The number of rotatable bonds is 16. The molecule has 17 heteroatoms. The smallest absolute Gasteiger partial charge is 0.326 e. The Morgan fingerprint density at radius 1 is 0.794 bits per heavy atom. The normalized spacial score (nSPS) is 13.9. The third-order valence-corrected chi connectivity index (χ3v) is 4.51. The zero-order valence-electron chi connectivity index (χ0n) is 18.0. The standard InChI is InChI=1S/C17H29N7O9S/c18-7(6-34)13(29)23-9(4-11(25)26)15(31)22-8(2-1-3-21-17(19)20)14(30)24-10(16(32)33)5-12(27)28/h7-10,34H,1-6,18H2,(H,22,31)(H,23,29)(H,24,30)(H,25,26)(H,27,28)(H,32,33)(H4,19,20,21)/t7-,8-,9-,10-/m0/s1. The lowest BCUT2D eigenvalue weighted by Crippen LogP contribution is -2.57. The van der Waals surface area contributed by atoms with Gasteiger partial charge in [-0.05, 0) is 12.8 Å². The summed E-state index contributed by atoms with van der Waals surface area (Å²) in [6.07, 6.45) is -1.81. The van der Waals surface area contributed by atoms with E-state index in [0.717, 1.165) is 0 Å². The highest BCUT2D eigenvalue weighted by Gasteiger charge is 2.31. The molecule has 0 heterocycles. The molecule has 192 valence electrons. The first kappa shape index (κ1) is 30.4. The Bertz CT molecular complexity index is 804. The number of nitrogens with one attached hydrogen (secondary N) is 3. The lowest BCUT2D eigenvalue weighted by molar-refractivity contribution is -0.147. The van der Waals surface area contributed by atoms with Crippen molar-refractivity contribution < 1.29 is 44.1 Å². The first-order valence-corrected chi connectivity index (χ1v) is 10.4. The maximum atomic E-state index is 12.7. The summed E-state index contributed by atoms with van der Waals surface area (Å²) in [5.41, 5.74) is 15.9. The number of nitrogens with zero attached hydrogens (tertiary/aromatic N) is 1. The molecule has 34 heavy (non-hydrogen) atoms. The quantitative estimate of drug-likeness (QED) is 0.0411. The van der Waals surface area contributed by atoms with Crippen molar-refractivity contribution in [3.8, 4) is 0 Å². The number of hydrogen-bond donors (Lipinski definition) is 10. The fourth-order valence-corrected chi connectivity index (χ4v) is 2.60. The Balaban J connectivity index is 5.63. The number of hydrogen-bond acceptors (Lipinski definition) is 9. The van der Waals surface area contributed by atoms with Crippen LogP contribution in [0.1, 0.15) is 25.7 Å². The maximum absolute atomic E-state index is 12.7. The zero-order valence-corrected chi connectivity index (χ0v) is 18.9. The van der Waals surface area contributed by atoms with Crippen LogP contribution < -0.4 is 33.2 Å². The first-order chi connectivity index (χ1) is 15.8. The number of carboxylic acids is 3. The second-order valence-corrected chi connectivity index (χ2v) is 7.32. The molecule has 3 amide bonds. The van der Waals surface area contributed by atoms with Crippen molar-refractivity contribution >= 4 is 54.2 Å². The van der Waals surface area contributed by atoms with E-state index in [0.29, 0.717) is 0 Å². The van der Waals surface area contributed by atoms with Gasteiger partial charge in [-0.1, -0.05) is 0 Å². The number of carbonyl (C=O) groups is 6. The lowest BCUT2D eigenvalue weighted by atomic mass is 10.1. The van der Waals surface area contributed by atoms with Gasteiger partial charge in [0.25, 0.3) is 0 Å². The minimum atomic E-state index is -1.80. The van der Waals surface area contributed by atoms with E-state index in [1.165, 1.54) is 0 Å². The van der Waals surface area contributed by atoms with E-state index in [1.54, 1.807) is 0 Å². The molecule has 0 saturated heterocycles. The molecule has 12 N–H and O–H groups in total. The van der Waals surface area contributed by atoms with Crippen LogP contribution >= 0.6 is 12.6 Å². The van der Waals surface area contributed by atoms with Gasteiger partial charge >= 0.3 is 17.9 Å². The summed E-state index contributed by atoms with van der Waals surface area (Å²) in [6, 6.07) is -6.01. The van der Waals surface area contributed by atoms with Crippen molar-refractivity contribution in [2.75, 3.05) is 12.3 Å². The van der Waals surface area contributed by atoms with Gasteiger partial charge in [-0.25, -0.2) is 4.79 Å². The fourth-order valence-electron chi connectivity index (χ4n) is 2.44. The highest BCUT2D eigenvalue weighted by molar-refractivity contribution is 7.80. The predicted molar refractivity (Wildman–Crippen MR) is 120 cm³/mol. The van der Waals surface area contributed by atoms with Crippen LogP contribution in [0.5, 0.6) is 0 Å². The molecule has 0 spiro atoms. The molecule has 16 nitrogen and oxygen atoms in total. The highest BCUT2D eigenvalue weighted by atomic mass is 32.1. The summed E-state index contributed by atoms with van der Waals surface area (Å²) in [5, 5.41) is 33.4. The summed E-state index contributed by atoms with van der Waals surface area (Å²) in [4.78, 5) is 74.2. The van der Waals surface area contributed by atoms with E-state index in [4.69, 9.17) is 32.5 Å². The van der Waals surface area contributed by atoms with Crippen LogP contribution in [0.2, 0.25) is 0 Å². The third-order valence-electron chi connectivity index (χ3n) is 4.12. The van der Waals surface area contributed by atoms with Gasteiger partial charge in [0.1, 0.15) is 18.1 Å². The predicted octanol–water partition coefficient (Wildman–Crippen LogP) is -4.21. The number of nitrogens with two attached hydrogens (primary N) is 3. The number of amides is 3. The van der Waals surface area contributed by atoms with Crippen LogP contribution in [0.15, 0.2) is 4.99 Å². The van der Waals surface area contributed by atoms with Crippen LogP contribution in [0.25, 0.3) is 0 Å². The molecule has 0 unspecified atom stereocenters. The van der Waals surface area contributed by atoms with Gasteiger partial charge < -0.3 is 48.5 Å². The van der Waals surface area contributed by atoms with Crippen molar-refractivity contribution in [2.45, 2.75) is 49.9 Å². The summed E-state index contributed by atoms with van der Waals surface area (Å²) >= 11 is 3.84. The average molecular weight is 508 g/mol. The van der Waals surface area contributed by atoms with Gasteiger partial charge in [-0.2, -0.15) is 12.6 Å². The molecule has 0 fully saturated rings. The number of carbonyl (C=O) groups excluding carboxylic acids is 3. The van der Waals surface area contributed by atoms with Gasteiger partial charge in [-0.3, -0.25) is 29.0 Å². The van der Waals surface area contributed by atoms with Gasteiger partial charge in [0, 0.05) is 12.3 Å². The van der Waals surface area contributed by atoms with Crippen LogP contribution in [0.3, 0.4) is 0 Å². The summed E-state index contributed by atoms with van der Waals surface area (Å²) in [5.74, 6) is -7.89. The molecule has 0 aromatic rings. The average Bonchev–Trinajstić information content (AvgIpc) is 2.72. The van der Waals surface area contributed by atoms with Gasteiger partial charge in [0.15, 0.2) is 5.96 Å². The Hall–Kier alpha value is -3.60. The number of thiol groups is 1. The second-order valence-electron chi connectivity index (χ2n) is 6.96. The summed E-state index contributed by atoms with van der Waals surface area (Å²) in [7, 11) is 0. The molecule has 0 bridgehead atoms. The van der Waals surface area contributed by atoms with E-state index in [2.05, 4.69) is 28.3 Å². The van der Waals surface area contributed by atoms with Crippen LogP contribution in [-0.2, 0) is 28.8 Å². The van der Waals surface area contributed by atoms with Crippen molar-refractivity contribution in [3.63, 3.8) is 0 Å². The summed E-state index contributed by atoms with van der Waals surface area (Å²) in [6.45, 7) is 0.0333. The van der Waals surface area contributed by atoms with Crippen LogP contribution in [0, 0.1) is 0 Å². The van der Waals surface area contributed by atoms with Crippen LogP contribution in [0.4, 0.5) is 0 Å². The summed E-state index contributed by atoms with van der Waals surface area (Å²) < 4.78 is 0. The SMILES string of the molecule is NC(N)=NCCC[C@H](NC(=O)[C@H](CC(=O)O)NC(=O)[C@@H](N)CS)C(=O)N[C@@H](CC(=O)O)C(=O)O. The molecule has 0 rings (SSSR count). The monoisotopic (exact) mass is 507 g/mol. The van der Waals surface area contributed by atoms with Gasteiger partial charge in [-0.15, -0.1) is 0 Å². The van der Waals surface area contributed by atoms with E-state index >= 15 is 0 Å². The number of guanidine groups is 1. The fraction of sp³-hybridized carbons (Fsp3) is 0.588. The van der Waals surface area contributed by atoms with Gasteiger partial charge in [0.2, 0.25) is 17.7 Å². The van der Waals surface area contributed by atoms with E-state index < -0.39 is 72.6 Å². The van der Waals surface area contributed by atoms with Gasteiger partial charge in [0.05, 0.1) is 18.9 Å². The van der Waals surface area contributed by atoms with Crippen LogP contribution in [-0.4, -0.2) is 93.4 Å². The van der Waals surface area contributed by atoms with E-state index in [9.17, 15) is 28.8 Å². The van der Waals surface area contributed by atoms with Crippen molar-refractivity contribution in [1.82, 2.24) is 16.0 Å². The molecule has 0 aliphatic rings. The minimum absolute atomic E-state index is 0.0333. The lowest BCUT2D eigenvalue weighted by Gasteiger charge is -2.24. The van der Waals surface area contributed by atoms with Crippen molar-refractivity contribution in [1.29, 1.82) is 0 Å². The third kappa shape index (κ3) is 12.4. The number of aliphatic imine (C=N–C) groups is 1. The Labute approximate surface area is 199 Å². The second kappa shape index (κ2) is 15.3. The van der Waals surface area contributed by atoms with E-state index in [1.807, 2.05) is 5.32 Å². The molecular formula is C17H29N7O9S. The number of carboxylic acid groups (broad SMARTS) is 3. The molecule has 0 radical (unpaired) electrons. The van der Waals surface area contributed by atoms with Crippen molar-refractivity contribution in [2.24, 2.45) is 22.2 Å². The number of aliphatic carboxylic acids is 3.